The van der Waals surface area contributed by atoms with Crippen LogP contribution in [0.15, 0.2) is 58.6 Å². The first-order valence-corrected chi connectivity index (χ1v) is 11.7. The Kier molecular flexibility index (Phi) is 5.63. The highest BCUT2D eigenvalue weighted by Crippen LogP contribution is 2.34. The molecular formula is C21H14Cl3N5O2S. The lowest BCUT2D eigenvalue weighted by Crippen LogP contribution is -2.27. The number of carbonyl (C=O) groups excluding carboxylic acids is 1. The number of nitrogens with zero attached hydrogens (tertiary/aromatic N) is 4. The van der Waals surface area contributed by atoms with Gasteiger partial charge in [-0.2, -0.15) is 5.10 Å². The summed E-state index contributed by atoms with van der Waals surface area (Å²) in [5, 5.41) is 9.46. The first kappa shape index (κ1) is 21.3. The molecule has 0 radical (unpaired) electrons. The molecule has 0 bridgehead atoms. The molecule has 1 atom stereocenters. The van der Waals surface area contributed by atoms with E-state index in [0.717, 1.165) is 5.69 Å². The molecule has 1 aliphatic rings. The van der Waals surface area contributed by atoms with Crippen molar-refractivity contribution in [3.63, 3.8) is 0 Å². The summed E-state index contributed by atoms with van der Waals surface area (Å²) in [5.74, 6) is 0.337. The molecule has 7 nitrogen and oxygen atoms in total. The number of fused-ring (bicyclic) bond motifs is 2. The van der Waals surface area contributed by atoms with E-state index in [4.69, 9.17) is 34.8 Å². The summed E-state index contributed by atoms with van der Waals surface area (Å²) in [6.07, 6.45) is 1.63. The number of thioether (sulfide) groups is 1. The van der Waals surface area contributed by atoms with Crippen LogP contribution in [-0.2, 0) is 4.79 Å². The van der Waals surface area contributed by atoms with Gasteiger partial charge in [-0.3, -0.25) is 14.2 Å². The molecule has 0 saturated carbocycles. The number of halogens is 3. The molecule has 4 aromatic rings. The number of carbonyl (C=O) groups is 1. The third-order valence-corrected chi connectivity index (χ3v) is 7.15. The minimum atomic E-state index is -0.318. The third-order valence-electron chi connectivity index (χ3n) is 5.07. The van der Waals surface area contributed by atoms with Crippen molar-refractivity contribution >= 4 is 69.2 Å². The van der Waals surface area contributed by atoms with E-state index < -0.39 is 0 Å². The monoisotopic (exact) mass is 505 g/mol. The summed E-state index contributed by atoms with van der Waals surface area (Å²) in [7, 11) is 0. The van der Waals surface area contributed by atoms with Gasteiger partial charge in [0.2, 0.25) is 5.91 Å². The molecule has 2 aromatic carbocycles. The van der Waals surface area contributed by atoms with Gasteiger partial charge in [-0.15, -0.1) is 0 Å². The van der Waals surface area contributed by atoms with Gasteiger partial charge in [-0.05, 0) is 42.5 Å². The van der Waals surface area contributed by atoms with Crippen LogP contribution >= 0.6 is 46.6 Å². The van der Waals surface area contributed by atoms with E-state index in [1.54, 1.807) is 39.6 Å². The zero-order chi connectivity index (χ0) is 22.4. The largest absolute Gasteiger partial charge is 0.326 e. The van der Waals surface area contributed by atoms with Crippen LogP contribution in [0, 0.1) is 0 Å². The molecule has 0 saturated heterocycles. The lowest BCUT2D eigenvalue weighted by molar-refractivity contribution is -0.116. The molecule has 11 heteroatoms. The highest BCUT2D eigenvalue weighted by molar-refractivity contribution is 7.99. The van der Waals surface area contributed by atoms with Gasteiger partial charge in [-0.25, -0.2) is 9.67 Å². The van der Waals surface area contributed by atoms with Crippen LogP contribution in [0.2, 0.25) is 15.1 Å². The van der Waals surface area contributed by atoms with Gasteiger partial charge < -0.3 is 5.32 Å². The van der Waals surface area contributed by atoms with Crippen LogP contribution in [0.1, 0.15) is 12.5 Å². The fourth-order valence-electron chi connectivity index (χ4n) is 3.55. The lowest BCUT2D eigenvalue weighted by Gasteiger charge is -2.14. The second-order valence-corrected chi connectivity index (χ2v) is 9.42. The van der Waals surface area contributed by atoms with Gasteiger partial charge in [0, 0.05) is 22.9 Å². The van der Waals surface area contributed by atoms with Crippen LogP contribution in [0.25, 0.3) is 16.7 Å². The quantitative estimate of drug-likeness (QED) is 0.384. The van der Waals surface area contributed by atoms with E-state index in [-0.39, 0.29) is 23.9 Å². The van der Waals surface area contributed by atoms with Crippen molar-refractivity contribution in [1.82, 2.24) is 19.3 Å². The Morgan fingerprint density at radius 1 is 1.12 bits per heavy atom. The summed E-state index contributed by atoms with van der Waals surface area (Å²) >= 11 is 19.3. The fourth-order valence-corrected chi connectivity index (χ4v) is 5.11. The molecule has 32 heavy (non-hydrogen) atoms. The van der Waals surface area contributed by atoms with Crippen LogP contribution < -0.4 is 10.9 Å². The molecule has 2 aromatic heterocycles. The topological polar surface area (TPSA) is 81.8 Å². The Bertz CT molecular complexity index is 1420. The van der Waals surface area contributed by atoms with E-state index in [1.807, 2.05) is 12.1 Å². The second kappa shape index (κ2) is 8.44. The number of anilines is 1. The Morgan fingerprint density at radius 3 is 2.66 bits per heavy atom. The van der Waals surface area contributed by atoms with Crippen LogP contribution in [-0.4, -0.2) is 31.0 Å². The van der Waals surface area contributed by atoms with Crippen LogP contribution in [0.4, 0.5) is 5.69 Å². The molecule has 0 fully saturated rings. The van der Waals surface area contributed by atoms with Crippen LogP contribution in [0.5, 0.6) is 0 Å². The van der Waals surface area contributed by atoms with Gasteiger partial charge in [0.25, 0.3) is 5.56 Å². The maximum Gasteiger partial charge on any atom is 0.265 e. The Hall–Kier alpha value is -2.52. The normalized spacial score (nSPS) is 15.2. The second-order valence-electron chi connectivity index (χ2n) is 7.19. The highest BCUT2D eigenvalue weighted by Gasteiger charge is 2.29. The summed E-state index contributed by atoms with van der Waals surface area (Å²) < 4.78 is 3.19. The van der Waals surface area contributed by atoms with Gasteiger partial charge in [0.1, 0.15) is 5.39 Å². The van der Waals surface area contributed by atoms with E-state index in [0.29, 0.717) is 42.7 Å². The number of hydrogen-bond acceptors (Lipinski definition) is 5. The smallest absolute Gasteiger partial charge is 0.265 e. The summed E-state index contributed by atoms with van der Waals surface area (Å²) in [6, 6.07) is 11.7. The molecule has 5 rings (SSSR count). The molecule has 1 aliphatic heterocycles. The summed E-state index contributed by atoms with van der Waals surface area (Å²) in [4.78, 5) is 30.5. The SMILES string of the molecule is O=C(CC1CSc2nc3c(cnn3-c3ccc(Cl)cc3)c(=O)n21)Nc1ccc(Cl)c(Cl)c1. The zero-order valence-electron chi connectivity index (χ0n) is 16.3. The minimum absolute atomic E-state index is 0.124. The first-order chi connectivity index (χ1) is 15.4. The highest BCUT2D eigenvalue weighted by atomic mass is 35.5. The molecule has 0 spiro atoms. The molecule has 1 amide bonds. The van der Waals surface area contributed by atoms with Crippen molar-refractivity contribution in [3.8, 4) is 5.69 Å². The number of rotatable bonds is 4. The number of benzene rings is 2. The van der Waals surface area contributed by atoms with E-state index in [1.165, 1.54) is 18.0 Å². The van der Waals surface area contributed by atoms with Crippen molar-refractivity contribution in [1.29, 1.82) is 0 Å². The summed E-state index contributed by atoms with van der Waals surface area (Å²) in [6.45, 7) is 0. The first-order valence-electron chi connectivity index (χ1n) is 9.54. The third kappa shape index (κ3) is 3.88. The van der Waals surface area contributed by atoms with Crippen molar-refractivity contribution in [3.05, 3.63) is 74.1 Å². The Labute approximate surface area is 201 Å². The van der Waals surface area contributed by atoms with Gasteiger partial charge in [-0.1, -0.05) is 46.6 Å². The molecule has 3 heterocycles. The average molecular weight is 507 g/mol. The molecule has 1 unspecified atom stereocenters. The zero-order valence-corrected chi connectivity index (χ0v) is 19.3. The standard InChI is InChI=1S/C21H14Cl3N5O2S/c22-11-1-4-13(5-2-11)29-19-15(9-25-29)20(31)28-14(10-32-21(28)27-19)8-18(30)26-12-3-6-16(23)17(24)7-12/h1-7,9,14H,8,10H2,(H,26,30). The van der Waals surface area contributed by atoms with Crippen molar-refractivity contribution in [2.75, 3.05) is 11.1 Å². The van der Waals surface area contributed by atoms with E-state index in [2.05, 4.69) is 15.4 Å². The Balaban J connectivity index is 1.43. The van der Waals surface area contributed by atoms with E-state index in [9.17, 15) is 9.59 Å². The van der Waals surface area contributed by atoms with Gasteiger partial charge >= 0.3 is 0 Å². The minimum Gasteiger partial charge on any atom is -0.326 e. The van der Waals surface area contributed by atoms with Crippen molar-refractivity contribution in [2.45, 2.75) is 17.6 Å². The molecule has 1 N–H and O–H groups in total. The van der Waals surface area contributed by atoms with E-state index >= 15 is 0 Å². The van der Waals surface area contributed by atoms with Crippen LogP contribution in [0.3, 0.4) is 0 Å². The van der Waals surface area contributed by atoms with Crippen molar-refractivity contribution < 1.29 is 4.79 Å². The van der Waals surface area contributed by atoms with Gasteiger partial charge in [0.05, 0.1) is 28.0 Å². The number of nitrogens with one attached hydrogen (secondary N) is 1. The van der Waals surface area contributed by atoms with Crippen molar-refractivity contribution in [2.24, 2.45) is 0 Å². The fraction of sp³-hybridized carbons (Fsp3) is 0.143. The molecular weight excluding hydrogens is 493 g/mol. The maximum absolute atomic E-state index is 13.2. The summed E-state index contributed by atoms with van der Waals surface area (Å²) in [5.41, 5.74) is 1.54. The molecule has 162 valence electrons. The lowest BCUT2D eigenvalue weighted by atomic mass is 10.2. The molecule has 0 aliphatic carbocycles. The number of hydrogen-bond donors (Lipinski definition) is 1. The van der Waals surface area contributed by atoms with Gasteiger partial charge in [0.15, 0.2) is 10.8 Å². The predicted octanol–water partition coefficient (Wildman–Crippen LogP) is 5.22. The average Bonchev–Trinajstić information content (AvgIpc) is 3.36. The Morgan fingerprint density at radius 2 is 1.91 bits per heavy atom. The number of amides is 1. The number of aromatic nitrogens is 4. The maximum atomic E-state index is 13.2. The predicted molar refractivity (Wildman–Crippen MR) is 128 cm³/mol.